The van der Waals surface area contributed by atoms with Gasteiger partial charge in [0.05, 0.1) is 18.0 Å². The van der Waals surface area contributed by atoms with Crippen molar-refractivity contribution in [3.8, 4) is 0 Å². The first-order valence-electron chi connectivity index (χ1n) is 9.68. The highest BCUT2D eigenvalue weighted by Crippen LogP contribution is 2.40. The van der Waals surface area contributed by atoms with Gasteiger partial charge in [0.1, 0.15) is 6.33 Å². The number of rotatable bonds is 5. The van der Waals surface area contributed by atoms with Crippen LogP contribution in [0.25, 0.3) is 5.65 Å². The van der Waals surface area contributed by atoms with Crippen LogP contribution in [0.5, 0.6) is 0 Å². The molecule has 0 bridgehead atoms. The maximum atomic E-state index is 9.55. The Balaban J connectivity index is 1.32. The molecule has 7 nitrogen and oxygen atoms in total. The Morgan fingerprint density at radius 3 is 2.56 bits per heavy atom. The second-order valence-corrected chi connectivity index (χ2v) is 7.52. The lowest BCUT2D eigenvalue weighted by Gasteiger charge is -2.36. The molecule has 0 spiro atoms. The summed E-state index contributed by atoms with van der Waals surface area (Å²) >= 11 is 0. The Morgan fingerprint density at radius 1 is 1.04 bits per heavy atom. The van der Waals surface area contributed by atoms with Gasteiger partial charge in [0.25, 0.3) is 0 Å². The molecule has 1 saturated heterocycles. The summed E-state index contributed by atoms with van der Waals surface area (Å²) in [7, 11) is 0. The van der Waals surface area contributed by atoms with E-state index in [0.29, 0.717) is 5.92 Å². The first kappa shape index (κ1) is 16.6. The predicted octanol–water partition coefficient (Wildman–Crippen LogP) is 1.82. The average molecular weight is 364 g/mol. The van der Waals surface area contributed by atoms with Gasteiger partial charge in [-0.1, -0.05) is 24.3 Å². The van der Waals surface area contributed by atoms with Gasteiger partial charge in [-0.25, -0.2) is 0 Å². The van der Waals surface area contributed by atoms with E-state index in [0.717, 1.165) is 55.3 Å². The fourth-order valence-electron chi connectivity index (χ4n) is 3.89. The molecule has 3 aromatic rings. The molecule has 1 N–H and O–H groups in total. The van der Waals surface area contributed by atoms with Crippen molar-refractivity contribution < 1.29 is 5.11 Å². The summed E-state index contributed by atoms with van der Waals surface area (Å²) in [5.74, 6) is 0.604. The van der Waals surface area contributed by atoms with Crippen LogP contribution in [0.4, 0.5) is 5.69 Å². The molecule has 0 radical (unpaired) electrons. The van der Waals surface area contributed by atoms with Gasteiger partial charge in [0.2, 0.25) is 5.65 Å². The van der Waals surface area contributed by atoms with E-state index in [4.69, 9.17) is 0 Å². The number of aromatic nitrogens is 4. The first-order valence-corrected chi connectivity index (χ1v) is 9.68. The molecule has 0 atom stereocenters. The van der Waals surface area contributed by atoms with E-state index in [1.54, 1.807) is 6.33 Å². The quantitative estimate of drug-likeness (QED) is 0.745. The summed E-state index contributed by atoms with van der Waals surface area (Å²) in [6.07, 6.45) is 4.17. The lowest BCUT2D eigenvalue weighted by molar-refractivity contribution is 0.243. The standard InChI is InChI=1S/C20H24N6O/c27-13-17-4-2-1-3-16(17)12-24-7-9-25(10-8-24)19-11-18(15-5-6-15)23-26-14-21-22-20(19)26/h1-4,11,14-15,27H,5-10,12-13H2. The molecule has 140 valence electrons. The van der Waals surface area contributed by atoms with E-state index < -0.39 is 0 Å². The van der Waals surface area contributed by atoms with E-state index in [-0.39, 0.29) is 6.61 Å². The third-order valence-electron chi connectivity index (χ3n) is 5.66. The molecule has 3 heterocycles. The van der Waals surface area contributed by atoms with Crippen molar-refractivity contribution in [1.82, 2.24) is 24.7 Å². The zero-order valence-corrected chi connectivity index (χ0v) is 15.3. The summed E-state index contributed by atoms with van der Waals surface area (Å²) in [5, 5.41) is 22.6. The van der Waals surface area contributed by atoms with Crippen molar-refractivity contribution >= 4 is 11.3 Å². The largest absolute Gasteiger partial charge is 0.392 e. The lowest BCUT2D eigenvalue weighted by atomic mass is 10.1. The van der Waals surface area contributed by atoms with E-state index in [1.165, 1.54) is 18.4 Å². The fraction of sp³-hybridized carbons (Fsp3) is 0.450. The lowest BCUT2D eigenvalue weighted by Crippen LogP contribution is -2.46. The molecule has 1 aliphatic carbocycles. The molecule has 2 aliphatic rings. The van der Waals surface area contributed by atoms with Gasteiger partial charge < -0.3 is 10.0 Å². The maximum absolute atomic E-state index is 9.55. The summed E-state index contributed by atoms with van der Waals surface area (Å²) in [6, 6.07) is 10.4. The smallest absolute Gasteiger partial charge is 0.200 e. The van der Waals surface area contributed by atoms with E-state index in [2.05, 4.69) is 37.2 Å². The summed E-state index contributed by atoms with van der Waals surface area (Å²) < 4.78 is 1.83. The highest BCUT2D eigenvalue weighted by atomic mass is 16.3. The second kappa shape index (κ2) is 6.90. The van der Waals surface area contributed by atoms with Crippen LogP contribution in [0, 0.1) is 0 Å². The second-order valence-electron chi connectivity index (χ2n) is 7.52. The van der Waals surface area contributed by atoms with Gasteiger partial charge in [0, 0.05) is 38.6 Å². The zero-order chi connectivity index (χ0) is 18.2. The van der Waals surface area contributed by atoms with Crippen molar-refractivity contribution in [2.24, 2.45) is 0 Å². The monoisotopic (exact) mass is 364 g/mol. The van der Waals surface area contributed by atoms with Gasteiger partial charge in [-0.05, 0) is 30.0 Å². The van der Waals surface area contributed by atoms with Crippen molar-refractivity contribution in [2.75, 3.05) is 31.1 Å². The SMILES string of the molecule is OCc1ccccc1CN1CCN(c2cc(C3CC3)nn3cnnc23)CC1. The Morgan fingerprint density at radius 2 is 1.81 bits per heavy atom. The molecule has 1 saturated carbocycles. The van der Waals surface area contributed by atoms with Gasteiger partial charge in [0.15, 0.2) is 0 Å². The molecule has 0 amide bonds. The summed E-state index contributed by atoms with van der Waals surface area (Å²) in [6.45, 7) is 4.87. The third kappa shape index (κ3) is 3.28. The van der Waals surface area contributed by atoms with E-state index in [9.17, 15) is 5.11 Å². The van der Waals surface area contributed by atoms with E-state index >= 15 is 0 Å². The highest BCUT2D eigenvalue weighted by Gasteiger charge is 2.28. The van der Waals surface area contributed by atoms with E-state index in [1.807, 2.05) is 22.7 Å². The number of hydrogen-bond donors (Lipinski definition) is 1. The minimum Gasteiger partial charge on any atom is -0.392 e. The highest BCUT2D eigenvalue weighted by molar-refractivity contribution is 5.68. The number of aliphatic hydroxyl groups is 1. The van der Waals surface area contributed by atoms with Crippen LogP contribution in [-0.4, -0.2) is 56.0 Å². The normalized spacial score (nSPS) is 18.3. The van der Waals surface area contributed by atoms with Gasteiger partial charge in [-0.3, -0.25) is 4.90 Å². The Hall–Kier alpha value is -2.51. The van der Waals surface area contributed by atoms with Crippen molar-refractivity contribution in [1.29, 1.82) is 0 Å². The number of benzene rings is 1. The van der Waals surface area contributed by atoms with Gasteiger partial charge in [-0.2, -0.15) is 9.61 Å². The van der Waals surface area contributed by atoms with Crippen LogP contribution in [0.15, 0.2) is 36.7 Å². The molecule has 7 heteroatoms. The first-order chi connectivity index (χ1) is 13.3. The molecule has 1 aromatic carbocycles. The number of fused-ring (bicyclic) bond motifs is 1. The summed E-state index contributed by atoms with van der Waals surface area (Å²) in [4.78, 5) is 4.86. The van der Waals surface area contributed by atoms with Crippen LogP contribution < -0.4 is 4.90 Å². The average Bonchev–Trinajstić information content (AvgIpc) is 3.46. The van der Waals surface area contributed by atoms with Gasteiger partial charge >= 0.3 is 0 Å². The summed E-state index contributed by atoms with van der Waals surface area (Å²) in [5.41, 5.74) is 5.40. The molecule has 5 rings (SSSR count). The van der Waals surface area contributed by atoms with Crippen LogP contribution in [0.1, 0.15) is 35.6 Å². The van der Waals surface area contributed by atoms with Crippen LogP contribution in [-0.2, 0) is 13.2 Å². The molecular formula is C20H24N6O. The zero-order valence-electron chi connectivity index (χ0n) is 15.3. The van der Waals surface area contributed by atoms with Crippen LogP contribution >= 0.6 is 0 Å². The topological polar surface area (TPSA) is 69.8 Å². The maximum Gasteiger partial charge on any atom is 0.200 e. The molecule has 27 heavy (non-hydrogen) atoms. The number of hydrogen-bond acceptors (Lipinski definition) is 6. The Bertz CT molecular complexity index is 943. The third-order valence-corrected chi connectivity index (χ3v) is 5.66. The fourth-order valence-corrected chi connectivity index (χ4v) is 3.89. The number of aliphatic hydroxyl groups excluding tert-OH is 1. The molecular weight excluding hydrogens is 340 g/mol. The Labute approximate surface area is 158 Å². The predicted molar refractivity (Wildman–Crippen MR) is 103 cm³/mol. The molecule has 2 aromatic heterocycles. The Kier molecular flexibility index (Phi) is 4.26. The number of piperazine rings is 1. The number of anilines is 1. The minimum atomic E-state index is 0.0992. The van der Waals surface area contributed by atoms with Crippen LogP contribution in [0.3, 0.4) is 0 Å². The minimum absolute atomic E-state index is 0.0992. The van der Waals surface area contributed by atoms with Crippen molar-refractivity contribution in [3.63, 3.8) is 0 Å². The van der Waals surface area contributed by atoms with Crippen molar-refractivity contribution in [2.45, 2.75) is 31.9 Å². The number of nitrogens with zero attached hydrogens (tertiary/aromatic N) is 6. The molecule has 0 unspecified atom stereocenters. The van der Waals surface area contributed by atoms with Crippen molar-refractivity contribution in [3.05, 3.63) is 53.5 Å². The van der Waals surface area contributed by atoms with Gasteiger partial charge in [-0.15, -0.1) is 10.2 Å². The molecule has 1 aliphatic heterocycles. The van der Waals surface area contributed by atoms with Crippen LogP contribution in [0.2, 0.25) is 0 Å². The molecule has 2 fully saturated rings.